The quantitative estimate of drug-likeness (QED) is 0.896. The fourth-order valence-corrected chi connectivity index (χ4v) is 3.01. The molecule has 0 aliphatic heterocycles. The molecule has 0 amide bonds. The van der Waals surface area contributed by atoms with E-state index in [4.69, 9.17) is 10.5 Å². The summed E-state index contributed by atoms with van der Waals surface area (Å²) in [5.74, 6) is 1.47. The molecule has 118 valence electrons. The molecule has 1 fully saturated rings. The molecular weight excluding hydrogens is 294 g/mol. The Morgan fingerprint density at radius 3 is 2.23 bits per heavy atom. The van der Waals surface area contributed by atoms with Crippen molar-refractivity contribution in [3.8, 4) is 5.75 Å². The molecule has 1 aliphatic rings. The van der Waals surface area contributed by atoms with Crippen LogP contribution in [0.5, 0.6) is 5.75 Å². The van der Waals surface area contributed by atoms with Crippen molar-refractivity contribution in [3.05, 3.63) is 65.7 Å². The van der Waals surface area contributed by atoms with Crippen molar-refractivity contribution < 1.29 is 4.74 Å². The van der Waals surface area contributed by atoms with Gasteiger partial charge in [-0.3, -0.25) is 0 Å². The average molecular weight is 318 g/mol. The van der Waals surface area contributed by atoms with Gasteiger partial charge in [0, 0.05) is 12.0 Å². The monoisotopic (exact) mass is 317 g/mol. The van der Waals surface area contributed by atoms with Crippen LogP contribution in [0.15, 0.2) is 54.6 Å². The van der Waals surface area contributed by atoms with Crippen molar-refractivity contribution in [1.82, 2.24) is 0 Å². The second-order valence-electron chi connectivity index (χ2n) is 5.97. The highest BCUT2D eigenvalue weighted by Gasteiger charge is 2.24. The highest BCUT2D eigenvalue weighted by atomic mass is 35.5. The van der Waals surface area contributed by atoms with Crippen LogP contribution in [0.1, 0.15) is 30.4 Å². The molecule has 3 rings (SSSR count). The van der Waals surface area contributed by atoms with Gasteiger partial charge in [0.05, 0.1) is 6.61 Å². The number of halogens is 1. The maximum Gasteiger partial charge on any atom is 0.119 e. The second kappa shape index (κ2) is 8.21. The van der Waals surface area contributed by atoms with Crippen LogP contribution in [-0.4, -0.2) is 12.6 Å². The molecule has 2 nitrogen and oxygen atoms in total. The zero-order valence-electron chi connectivity index (χ0n) is 12.8. The molecule has 0 bridgehead atoms. The van der Waals surface area contributed by atoms with Crippen molar-refractivity contribution in [2.75, 3.05) is 6.61 Å². The number of hydrogen-bond acceptors (Lipinski definition) is 2. The van der Waals surface area contributed by atoms with Crippen LogP contribution < -0.4 is 10.5 Å². The first-order chi connectivity index (χ1) is 10.3. The molecule has 1 saturated carbocycles. The zero-order chi connectivity index (χ0) is 14.5. The summed E-state index contributed by atoms with van der Waals surface area (Å²) in [6.45, 7) is 0.749. The predicted octanol–water partition coefficient (Wildman–Crippen LogP) is 4.21. The molecule has 22 heavy (non-hydrogen) atoms. The number of rotatable bonds is 5. The lowest BCUT2D eigenvalue weighted by Gasteiger charge is -2.16. The lowest BCUT2D eigenvalue weighted by Crippen LogP contribution is -2.28. The van der Waals surface area contributed by atoms with Crippen LogP contribution in [0.3, 0.4) is 0 Å². The minimum absolute atomic E-state index is 0. The van der Waals surface area contributed by atoms with Crippen LogP contribution in [0.4, 0.5) is 0 Å². The third-order valence-corrected chi connectivity index (χ3v) is 4.36. The third-order valence-electron chi connectivity index (χ3n) is 4.36. The fraction of sp³-hybridized carbons (Fsp3) is 0.368. The van der Waals surface area contributed by atoms with Crippen molar-refractivity contribution in [2.45, 2.75) is 31.7 Å². The van der Waals surface area contributed by atoms with E-state index in [9.17, 15) is 0 Å². The minimum Gasteiger partial charge on any atom is -0.493 e. The molecule has 2 aromatic carbocycles. The lowest BCUT2D eigenvalue weighted by molar-refractivity contribution is 0.239. The molecule has 2 aromatic rings. The van der Waals surface area contributed by atoms with Crippen LogP contribution in [-0.2, 0) is 6.42 Å². The third kappa shape index (κ3) is 4.49. The van der Waals surface area contributed by atoms with Crippen LogP contribution in [0, 0.1) is 5.92 Å². The van der Waals surface area contributed by atoms with Gasteiger partial charge in [-0.05, 0) is 42.5 Å². The summed E-state index contributed by atoms with van der Waals surface area (Å²) in [6, 6.07) is 19.3. The molecule has 0 saturated heterocycles. The van der Waals surface area contributed by atoms with Gasteiger partial charge in [0.1, 0.15) is 5.75 Å². The molecule has 0 spiro atoms. The van der Waals surface area contributed by atoms with E-state index in [1.165, 1.54) is 24.0 Å². The van der Waals surface area contributed by atoms with Crippen molar-refractivity contribution in [2.24, 2.45) is 11.7 Å². The molecule has 0 heterocycles. The predicted molar refractivity (Wildman–Crippen MR) is 93.7 cm³/mol. The fourth-order valence-electron chi connectivity index (χ4n) is 3.01. The summed E-state index contributed by atoms with van der Waals surface area (Å²) in [5.41, 5.74) is 8.72. The summed E-state index contributed by atoms with van der Waals surface area (Å²) in [7, 11) is 0. The smallest absolute Gasteiger partial charge is 0.119 e. The van der Waals surface area contributed by atoms with Crippen molar-refractivity contribution in [1.29, 1.82) is 0 Å². The van der Waals surface area contributed by atoms with Gasteiger partial charge in [-0.15, -0.1) is 12.4 Å². The van der Waals surface area contributed by atoms with Gasteiger partial charge in [0.15, 0.2) is 0 Å². The Hall–Kier alpha value is -1.51. The molecule has 2 atom stereocenters. The largest absolute Gasteiger partial charge is 0.493 e. The summed E-state index contributed by atoms with van der Waals surface area (Å²) in [5, 5.41) is 0. The van der Waals surface area contributed by atoms with Gasteiger partial charge in [-0.1, -0.05) is 48.9 Å². The maximum absolute atomic E-state index is 6.07. The van der Waals surface area contributed by atoms with Crippen LogP contribution >= 0.6 is 12.4 Å². The van der Waals surface area contributed by atoms with E-state index in [-0.39, 0.29) is 12.4 Å². The topological polar surface area (TPSA) is 35.2 Å². The Balaban J connectivity index is 0.00000176. The van der Waals surface area contributed by atoms with E-state index in [2.05, 4.69) is 48.5 Å². The van der Waals surface area contributed by atoms with Crippen LogP contribution in [0.2, 0.25) is 0 Å². The second-order valence-corrected chi connectivity index (χ2v) is 5.97. The van der Waals surface area contributed by atoms with Crippen molar-refractivity contribution in [3.63, 3.8) is 0 Å². The Morgan fingerprint density at radius 1 is 0.909 bits per heavy atom. The minimum atomic E-state index is 0. The molecule has 0 aromatic heterocycles. The first kappa shape index (κ1) is 16.9. The molecule has 3 heteroatoms. The van der Waals surface area contributed by atoms with E-state index in [1.54, 1.807) is 0 Å². The standard InChI is InChI=1S/C19H23NO.ClH/c20-19-8-4-7-17(19)14-21-18-11-9-16(10-12-18)13-15-5-2-1-3-6-15;/h1-3,5-6,9-12,17,19H,4,7-8,13-14,20H2;1H/t17-,19-;/m1./s1. The summed E-state index contributed by atoms with van der Waals surface area (Å²) >= 11 is 0. The SMILES string of the molecule is Cl.N[C@@H]1CCC[C@@H]1COc1ccc(Cc2ccccc2)cc1. The van der Waals surface area contributed by atoms with E-state index < -0.39 is 0 Å². The summed E-state index contributed by atoms with van der Waals surface area (Å²) < 4.78 is 5.89. The molecular formula is C19H24ClNO. The number of ether oxygens (including phenoxy) is 1. The van der Waals surface area contributed by atoms with Gasteiger partial charge < -0.3 is 10.5 Å². The normalized spacial score (nSPS) is 20.4. The number of benzene rings is 2. The highest BCUT2D eigenvalue weighted by molar-refractivity contribution is 5.85. The van der Waals surface area contributed by atoms with Gasteiger partial charge in [0.25, 0.3) is 0 Å². The number of nitrogens with two attached hydrogens (primary N) is 1. The molecule has 0 radical (unpaired) electrons. The Kier molecular flexibility index (Phi) is 6.29. The van der Waals surface area contributed by atoms with Gasteiger partial charge in [-0.25, -0.2) is 0 Å². The Bertz CT molecular complexity index is 555. The van der Waals surface area contributed by atoms with E-state index in [0.29, 0.717) is 12.0 Å². The average Bonchev–Trinajstić information content (AvgIpc) is 2.93. The molecule has 0 unspecified atom stereocenters. The Morgan fingerprint density at radius 2 is 1.59 bits per heavy atom. The van der Waals surface area contributed by atoms with E-state index >= 15 is 0 Å². The Labute approximate surface area is 139 Å². The van der Waals surface area contributed by atoms with Gasteiger partial charge >= 0.3 is 0 Å². The number of hydrogen-bond donors (Lipinski definition) is 1. The van der Waals surface area contributed by atoms with E-state index in [1.807, 2.05) is 6.07 Å². The van der Waals surface area contributed by atoms with E-state index in [0.717, 1.165) is 25.2 Å². The van der Waals surface area contributed by atoms with Gasteiger partial charge in [-0.2, -0.15) is 0 Å². The first-order valence-electron chi connectivity index (χ1n) is 7.82. The summed E-state index contributed by atoms with van der Waals surface area (Å²) in [6.07, 6.45) is 4.55. The van der Waals surface area contributed by atoms with Gasteiger partial charge in [0.2, 0.25) is 0 Å². The highest BCUT2D eigenvalue weighted by Crippen LogP contribution is 2.25. The summed E-state index contributed by atoms with van der Waals surface area (Å²) in [4.78, 5) is 0. The maximum atomic E-state index is 6.07. The lowest BCUT2D eigenvalue weighted by atomic mass is 10.0. The zero-order valence-corrected chi connectivity index (χ0v) is 13.6. The van der Waals surface area contributed by atoms with Crippen LogP contribution in [0.25, 0.3) is 0 Å². The molecule has 1 aliphatic carbocycles. The molecule has 2 N–H and O–H groups in total. The van der Waals surface area contributed by atoms with Crippen molar-refractivity contribution >= 4 is 12.4 Å². The first-order valence-corrected chi connectivity index (χ1v) is 7.82.